The molecule has 0 heterocycles. The van der Waals surface area contributed by atoms with E-state index in [-0.39, 0.29) is 12.0 Å². The van der Waals surface area contributed by atoms with Crippen LogP contribution in [0.4, 0.5) is 8.78 Å². The van der Waals surface area contributed by atoms with E-state index in [2.05, 4.69) is 4.74 Å². The van der Waals surface area contributed by atoms with Gasteiger partial charge in [-0.2, -0.15) is 0 Å². The summed E-state index contributed by atoms with van der Waals surface area (Å²) >= 11 is 5.37. The van der Waals surface area contributed by atoms with Gasteiger partial charge >= 0.3 is 5.97 Å². The minimum absolute atomic E-state index is 0.0734. The number of hydrogen-bond donors (Lipinski definition) is 1. The molecule has 0 aromatic heterocycles. The maximum Gasteiger partial charge on any atom is 0.322 e. The molecule has 0 unspecified atom stereocenters. The fourth-order valence-electron chi connectivity index (χ4n) is 1.20. The Balaban J connectivity index is 2.90. The molecule has 2 N–H and O–H groups in total. The molecule has 0 saturated heterocycles. The second-order valence-electron chi connectivity index (χ2n) is 3.17. The molecule has 1 rings (SSSR count). The Kier molecular flexibility index (Phi) is 4.20. The summed E-state index contributed by atoms with van der Waals surface area (Å²) < 4.78 is 30.6. The highest BCUT2D eigenvalue weighted by Crippen LogP contribution is 2.22. The fourth-order valence-corrected chi connectivity index (χ4v) is 1.38. The molecule has 0 bridgehead atoms. The van der Waals surface area contributed by atoms with Crippen molar-refractivity contribution in [3.05, 3.63) is 34.4 Å². The van der Waals surface area contributed by atoms with Gasteiger partial charge in [-0.15, -0.1) is 0 Å². The van der Waals surface area contributed by atoms with Gasteiger partial charge in [0.2, 0.25) is 0 Å². The minimum Gasteiger partial charge on any atom is -0.468 e. The van der Waals surface area contributed by atoms with Gasteiger partial charge in [-0.3, -0.25) is 4.79 Å². The van der Waals surface area contributed by atoms with Crippen molar-refractivity contribution < 1.29 is 18.3 Å². The molecule has 0 amide bonds. The largest absolute Gasteiger partial charge is 0.468 e. The van der Waals surface area contributed by atoms with Gasteiger partial charge in [0.1, 0.15) is 22.7 Å². The molecule has 0 aliphatic heterocycles. The first-order valence-electron chi connectivity index (χ1n) is 4.43. The lowest BCUT2D eigenvalue weighted by Crippen LogP contribution is -2.33. The molecular weight excluding hydrogens is 240 g/mol. The van der Waals surface area contributed by atoms with Gasteiger partial charge in [-0.05, 0) is 11.6 Å². The quantitative estimate of drug-likeness (QED) is 0.655. The highest BCUT2D eigenvalue weighted by Gasteiger charge is 2.18. The molecule has 0 saturated carbocycles. The summed E-state index contributed by atoms with van der Waals surface area (Å²) in [5.41, 5.74) is 5.51. The van der Waals surface area contributed by atoms with Gasteiger partial charge in [-0.25, -0.2) is 8.78 Å². The van der Waals surface area contributed by atoms with Gasteiger partial charge in [0.05, 0.1) is 7.11 Å². The number of nitrogens with two attached hydrogens (primary N) is 1. The topological polar surface area (TPSA) is 52.3 Å². The average molecular weight is 250 g/mol. The van der Waals surface area contributed by atoms with Gasteiger partial charge in [0.25, 0.3) is 0 Å². The number of benzene rings is 1. The first kappa shape index (κ1) is 12.9. The molecule has 1 atom stereocenters. The zero-order valence-corrected chi connectivity index (χ0v) is 9.22. The molecule has 88 valence electrons. The number of halogens is 3. The molecule has 1 aromatic carbocycles. The summed E-state index contributed by atoms with van der Waals surface area (Å²) in [6.45, 7) is 0. The number of esters is 1. The molecule has 3 nitrogen and oxygen atoms in total. The van der Waals surface area contributed by atoms with Crippen LogP contribution in [0.2, 0.25) is 5.02 Å². The van der Waals surface area contributed by atoms with Crippen LogP contribution in [-0.2, 0) is 16.0 Å². The van der Waals surface area contributed by atoms with E-state index in [1.54, 1.807) is 0 Å². The number of rotatable bonds is 3. The van der Waals surface area contributed by atoms with E-state index in [9.17, 15) is 13.6 Å². The van der Waals surface area contributed by atoms with Crippen molar-refractivity contribution in [1.29, 1.82) is 0 Å². The summed E-state index contributed by atoms with van der Waals surface area (Å²) in [4.78, 5) is 11.0. The molecule has 16 heavy (non-hydrogen) atoms. The summed E-state index contributed by atoms with van der Waals surface area (Å²) in [6.07, 6.45) is -0.0987. The van der Waals surface area contributed by atoms with Crippen molar-refractivity contribution in [2.24, 2.45) is 5.73 Å². The Morgan fingerprint density at radius 3 is 2.75 bits per heavy atom. The first-order chi connectivity index (χ1) is 7.47. The molecule has 0 spiro atoms. The number of carbonyl (C=O) groups excluding carboxylic acids is 1. The number of carbonyl (C=O) groups is 1. The third-order valence-electron chi connectivity index (χ3n) is 2.06. The van der Waals surface area contributed by atoms with Crippen molar-refractivity contribution in [2.75, 3.05) is 7.11 Å². The van der Waals surface area contributed by atoms with E-state index in [1.165, 1.54) is 13.2 Å². The second-order valence-corrected chi connectivity index (χ2v) is 3.55. The van der Waals surface area contributed by atoms with Crippen LogP contribution in [0.1, 0.15) is 5.56 Å². The minimum atomic E-state index is -0.999. The van der Waals surface area contributed by atoms with E-state index in [4.69, 9.17) is 17.3 Å². The van der Waals surface area contributed by atoms with Crippen LogP contribution < -0.4 is 5.73 Å². The summed E-state index contributed by atoms with van der Waals surface area (Å²) in [7, 11) is 1.18. The SMILES string of the molecule is COC(=O)[C@H](N)Cc1ccc(F)c(Cl)c1F. The van der Waals surface area contributed by atoms with Gasteiger partial charge < -0.3 is 10.5 Å². The Labute approximate surface area is 96.1 Å². The van der Waals surface area contributed by atoms with Crippen LogP contribution in [0.5, 0.6) is 0 Å². The second kappa shape index (κ2) is 5.23. The zero-order valence-electron chi connectivity index (χ0n) is 8.47. The lowest BCUT2D eigenvalue weighted by Gasteiger charge is -2.10. The smallest absolute Gasteiger partial charge is 0.322 e. The Bertz CT molecular complexity index is 412. The monoisotopic (exact) mass is 249 g/mol. The summed E-state index contributed by atoms with van der Waals surface area (Å²) in [5.74, 6) is -2.42. The first-order valence-corrected chi connectivity index (χ1v) is 4.81. The molecular formula is C10H10ClF2NO2. The fraction of sp³-hybridized carbons (Fsp3) is 0.300. The van der Waals surface area contributed by atoms with E-state index in [0.717, 1.165) is 6.07 Å². The van der Waals surface area contributed by atoms with Gasteiger partial charge in [-0.1, -0.05) is 17.7 Å². The van der Waals surface area contributed by atoms with E-state index in [0.29, 0.717) is 0 Å². The Morgan fingerprint density at radius 1 is 1.56 bits per heavy atom. The van der Waals surface area contributed by atoms with Crippen LogP contribution in [-0.4, -0.2) is 19.1 Å². The lowest BCUT2D eigenvalue weighted by atomic mass is 10.1. The maximum atomic E-state index is 13.4. The van der Waals surface area contributed by atoms with E-state index in [1.807, 2.05) is 0 Å². The van der Waals surface area contributed by atoms with Crippen molar-refractivity contribution in [1.82, 2.24) is 0 Å². The van der Waals surface area contributed by atoms with Gasteiger partial charge in [0, 0.05) is 6.42 Å². The Hall–Kier alpha value is -1.20. The molecule has 0 radical (unpaired) electrons. The highest BCUT2D eigenvalue weighted by molar-refractivity contribution is 6.30. The lowest BCUT2D eigenvalue weighted by molar-refractivity contribution is -0.142. The van der Waals surface area contributed by atoms with Crippen LogP contribution in [0.3, 0.4) is 0 Å². The maximum absolute atomic E-state index is 13.4. The molecule has 0 aliphatic rings. The molecule has 1 aromatic rings. The van der Waals surface area contributed by atoms with Gasteiger partial charge in [0.15, 0.2) is 0 Å². The predicted molar refractivity (Wildman–Crippen MR) is 55.1 cm³/mol. The van der Waals surface area contributed by atoms with Crippen molar-refractivity contribution in [2.45, 2.75) is 12.5 Å². The zero-order chi connectivity index (χ0) is 12.3. The normalized spacial score (nSPS) is 12.3. The third kappa shape index (κ3) is 2.68. The van der Waals surface area contributed by atoms with Crippen molar-refractivity contribution >= 4 is 17.6 Å². The summed E-state index contributed by atoms with van der Waals surface area (Å²) in [6, 6.07) is 1.21. The number of methoxy groups -OCH3 is 1. The highest BCUT2D eigenvalue weighted by atomic mass is 35.5. The average Bonchev–Trinajstić information content (AvgIpc) is 2.28. The third-order valence-corrected chi connectivity index (χ3v) is 2.41. The van der Waals surface area contributed by atoms with E-state index >= 15 is 0 Å². The Morgan fingerprint density at radius 2 is 2.19 bits per heavy atom. The van der Waals surface area contributed by atoms with Crippen molar-refractivity contribution in [3.8, 4) is 0 Å². The predicted octanol–water partition coefficient (Wildman–Crippen LogP) is 1.66. The summed E-state index contributed by atoms with van der Waals surface area (Å²) in [5, 5.41) is -0.602. The number of ether oxygens (including phenoxy) is 1. The standard InChI is InChI=1S/C10H10ClF2NO2/c1-16-10(15)7(14)4-5-2-3-6(12)8(11)9(5)13/h2-3,7H,4,14H2,1H3/t7-/m1/s1. The number of hydrogen-bond acceptors (Lipinski definition) is 3. The van der Waals surface area contributed by atoms with Crippen LogP contribution in [0.25, 0.3) is 0 Å². The molecule has 0 aliphatic carbocycles. The van der Waals surface area contributed by atoms with Crippen molar-refractivity contribution in [3.63, 3.8) is 0 Å². The van der Waals surface area contributed by atoms with E-state index < -0.39 is 28.7 Å². The molecule has 0 fully saturated rings. The molecule has 6 heteroatoms. The van der Waals surface area contributed by atoms with Crippen LogP contribution in [0.15, 0.2) is 12.1 Å². The van der Waals surface area contributed by atoms with Crippen LogP contribution in [0, 0.1) is 11.6 Å². The van der Waals surface area contributed by atoms with Crippen LogP contribution >= 0.6 is 11.6 Å².